The van der Waals surface area contributed by atoms with Gasteiger partial charge in [0.2, 0.25) is 0 Å². The van der Waals surface area contributed by atoms with E-state index in [9.17, 15) is 0 Å². The lowest BCUT2D eigenvalue weighted by Gasteiger charge is -2.22. The molecule has 5 heteroatoms. The van der Waals surface area contributed by atoms with Crippen molar-refractivity contribution in [2.24, 2.45) is 5.92 Å². The number of thiazole rings is 1. The summed E-state index contributed by atoms with van der Waals surface area (Å²) >= 11 is 3.51. The minimum absolute atomic E-state index is 0.679. The largest absolute Gasteiger partial charge is 0.493 e. The molecule has 2 aromatic heterocycles. The first kappa shape index (κ1) is 13.5. The Hall–Kier alpha value is -1.17. The van der Waals surface area contributed by atoms with Gasteiger partial charge in [-0.2, -0.15) is 0 Å². The van der Waals surface area contributed by atoms with Crippen molar-refractivity contribution in [3.63, 3.8) is 0 Å². The predicted molar refractivity (Wildman–Crippen MR) is 90.8 cm³/mol. The summed E-state index contributed by atoms with van der Waals surface area (Å²) in [7, 11) is 0. The molecule has 1 fully saturated rings. The maximum atomic E-state index is 6.19. The highest BCUT2D eigenvalue weighted by Crippen LogP contribution is 2.39. The highest BCUT2D eigenvalue weighted by atomic mass is 32.1. The van der Waals surface area contributed by atoms with Gasteiger partial charge in [0.15, 0.2) is 0 Å². The van der Waals surface area contributed by atoms with Gasteiger partial charge in [0.25, 0.3) is 0 Å². The number of nitrogens with zero attached hydrogens (tertiary/aromatic N) is 1. The molecule has 1 aliphatic rings. The van der Waals surface area contributed by atoms with Gasteiger partial charge in [0.1, 0.15) is 5.75 Å². The quantitative estimate of drug-likeness (QED) is 0.786. The molecule has 21 heavy (non-hydrogen) atoms. The Labute approximate surface area is 132 Å². The maximum Gasteiger partial charge on any atom is 0.129 e. The fraction of sp³-hybridized carbons (Fsp3) is 0.438. The van der Waals surface area contributed by atoms with Crippen LogP contribution in [0.2, 0.25) is 0 Å². The number of hydrogen-bond donors (Lipinski definition) is 1. The zero-order chi connectivity index (χ0) is 14.2. The Morgan fingerprint density at radius 3 is 3.10 bits per heavy atom. The Bertz CT molecular complexity index is 771. The van der Waals surface area contributed by atoms with Crippen LogP contribution in [0.4, 0.5) is 0 Å². The number of piperidine rings is 1. The summed E-state index contributed by atoms with van der Waals surface area (Å²) in [5, 5.41) is 7.88. The number of nitrogens with one attached hydrogen (secondary N) is 1. The van der Waals surface area contributed by atoms with Crippen molar-refractivity contribution >= 4 is 43.0 Å². The lowest BCUT2D eigenvalue weighted by molar-refractivity contribution is 0.217. The van der Waals surface area contributed by atoms with Crippen LogP contribution in [0, 0.1) is 12.8 Å². The molecule has 0 unspecified atom stereocenters. The van der Waals surface area contributed by atoms with E-state index in [0.29, 0.717) is 5.92 Å². The highest BCUT2D eigenvalue weighted by Gasteiger charge is 2.16. The first-order chi connectivity index (χ1) is 10.3. The number of fused-ring (bicyclic) bond motifs is 3. The average molecular weight is 318 g/mol. The van der Waals surface area contributed by atoms with Crippen LogP contribution in [0.3, 0.4) is 0 Å². The zero-order valence-electron chi connectivity index (χ0n) is 12.0. The fourth-order valence-electron chi connectivity index (χ4n) is 2.96. The maximum absolute atomic E-state index is 6.19. The molecular formula is C16H18N2OS2. The van der Waals surface area contributed by atoms with Gasteiger partial charge in [0.05, 0.1) is 26.5 Å². The molecule has 110 valence electrons. The van der Waals surface area contributed by atoms with Crippen LogP contribution in [0.25, 0.3) is 20.3 Å². The normalized spacial score (nSPS) is 16.8. The molecule has 0 spiro atoms. The molecule has 1 aliphatic heterocycles. The van der Waals surface area contributed by atoms with E-state index in [1.54, 1.807) is 22.7 Å². The van der Waals surface area contributed by atoms with Crippen LogP contribution in [0.15, 0.2) is 17.5 Å². The van der Waals surface area contributed by atoms with Crippen LogP contribution in [-0.2, 0) is 0 Å². The van der Waals surface area contributed by atoms with Gasteiger partial charge in [-0.3, -0.25) is 0 Å². The van der Waals surface area contributed by atoms with E-state index in [-0.39, 0.29) is 0 Å². The predicted octanol–water partition coefficient (Wildman–Crippen LogP) is 4.20. The van der Waals surface area contributed by atoms with Gasteiger partial charge < -0.3 is 10.1 Å². The highest BCUT2D eigenvalue weighted by molar-refractivity contribution is 7.21. The van der Waals surface area contributed by atoms with Gasteiger partial charge in [-0.1, -0.05) is 0 Å². The van der Waals surface area contributed by atoms with Crippen molar-refractivity contribution in [2.45, 2.75) is 19.8 Å². The third-order valence-electron chi connectivity index (χ3n) is 4.10. The number of ether oxygens (including phenoxy) is 1. The topological polar surface area (TPSA) is 34.1 Å². The van der Waals surface area contributed by atoms with Crippen LogP contribution in [0.5, 0.6) is 5.75 Å². The van der Waals surface area contributed by atoms with E-state index in [2.05, 4.69) is 34.7 Å². The SMILES string of the molecule is Cc1nc2c(cc(OCC3CCNCC3)c3ccsc32)s1. The summed E-state index contributed by atoms with van der Waals surface area (Å²) < 4.78 is 8.69. The van der Waals surface area contributed by atoms with Crippen molar-refractivity contribution in [3.05, 3.63) is 22.5 Å². The Kier molecular flexibility index (Phi) is 3.57. The van der Waals surface area contributed by atoms with Crippen LogP contribution >= 0.6 is 22.7 Å². The zero-order valence-corrected chi connectivity index (χ0v) is 13.6. The summed E-state index contributed by atoms with van der Waals surface area (Å²) in [5.41, 5.74) is 1.14. The molecule has 1 saturated heterocycles. The third-order valence-corrected chi connectivity index (χ3v) is 5.94. The van der Waals surface area contributed by atoms with E-state index in [1.807, 2.05) is 0 Å². The van der Waals surface area contributed by atoms with Crippen molar-refractivity contribution in [1.29, 1.82) is 0 Å². The minimum atomic E-state index is 0.679. The molecule has 1 N–H and O–H groups in total. The summed E-state index contributed by atoms with van der Waals surface area (Å²) in [5.74, 6) is 1.71. The van der Waals surface area contributed by atoms with Gasteiger partial charge in [-0.15, -0.1) is 22.7 Å². The number of hydrogen-bond acceptors (Lipinski definition) is 5. The summed E-state index contributed by atoms with van der Waals surface area (Å²) in [4.78, 5) is 4.67. The van der Waals surface area contributed by atoms with E-state index in [0.717, 1.165) is 36.0 Å². The van der Waals surface area contributed by atoms with Crippen LogP contribution in [0.1, 0.15) is 17.8 Å². The minimum Gasteiger partial charge on any atom is -0.493 e. The molecule has 0 bridgehead atoms. The second-order valence-electron chi connectivity index (χ2n) is 5.62. The van der Waals surface area contributed by atoms with Crippen molar-refractivity contribution in [1.82, 2.24) is 10.3 Å². The average Bonchev–Trinajstić information content (AvgIpc) is 3.11. The second-order valence-corrected chi connectivity index (χ2v) is 7.77. The molecule has 0 aliphatic carbocycles. The summed E-state index contributed by atoms with van der Waals surface area (Å²) in [6.45, 7) is 5.14. The molecule has 3 aromatic rings. The number of aryl methyl sites for hydroxylation is 1. The molecule has 1 aromatic carbocycles. The first-order valence-corrected chi connectivity index (χ1v) is 9.12. The van der Waals surface area contributed by atoms with Crippen molar-refractivity contribution in [2.75, 3.05) is 19.7 Å². The Morgan fingerprint density at radius 2 is 2.24 bits per heavy atom. The number of rotatable bonds is 3. The van der Waals surface area contributed by atoms with Crippen molar-refractivity contribution < 1.29 is 4.74 Å². The van der Waals surface area contributed by atoms with Gasteiger partial charge >= 0.3 is 0 Å². The fourth-order valence-corrected chi connectivity index (χ4v) is 4.80. The Morgan fingerprint density at radius 1 is 1.38 bits per heavy atom. The van der Waals surface area contributed by atoms with Crippen LogP contribution < -0.4 is 10.1 Å². The number of aromatic nitrogens is 1. The molecule has 0 atom stereocenters. The first-order valence-electron chi connectivity index (χ1n) is 7.42. The lowest BCUT2D eigenvalue weighted by atomic mass is 9.99. The van der Waals surface area contributed by atoms with Gasteiger partial charge in [-0.05, 0) is 50.2 Å². The van der Waals surface area contributed by atoms with Gasteiger partial charge in [-0.25, -0.2) is 4.98 Å². The molecule has 4 rings (SSSR count). The summed E-state index contributed by atoms with van der Waals surface area (Å²) in [6, 6.07) is 4.34. The van der Waals surface area contributed by atoms with E-state index >= 15 is 0 Å². The third kappa shape index (κ3) is 2.54. The van der Waals surface area contributed by atoms with E-state index < -0.39 is 0 Å². The molecule has 0 amide bonds. The number of thiophene rings is 1. The van der Waals surface area contributed by atoms with Crippen molar-refractivity contribution in [3.8, 4) is 5.75 Å². The van der Waals surface area contributed by atoms with E-state index in [1.165, 1.54) is 27.6 Å². The lowest BCUT2D eigenvalue weighted by Crippen LogP contribution is -2.30. The number of benzene rings is 1. The van der Waals surface area contributed by atoms with Crippen LogP contribution in [-0.4, -0.2) is 24.7 Å². The molecule has 0 radical (unpaired) electrons. The monoisotopic (exact) mass is 318 g/mol. The second kappa shape index (κ2) is 5.55. The smallest absolute Gasteiger partial charge is 0.129 e. The molecule has 0 saturated carbocycles. The molecular weight excluding hydrogens is 300 g/mol. The molecule has 3 nitrogen and oxygen atoms in total. The summed E-state index contributed by atoms with van der Waals surface area (Å²) in [6.07, 6.45) is 2.43. The Balaban J connectivity index is 1.67. The standard InChI is InChI=1S/C16H18N2OS2/c1-10-18-15-14(21-10)8-13(12-4-7-20-16(12)15)19-9-11-2-5-17-6-3-11/h4,7-8,11,17H,2-3,5-6,9H2,1H3. The van der Waals surface area contributed by atoms with E-state index in [4.69, 9.17) is 4.74 Å². The van der Waals surface area contributed by atoms with Gasteiger partial charge in [0, 0.05) is 11.5 Å². The molecule has 3 heterocycles.